The molecule has 2 heterocycles. The van der Waals surface area contributed by atoms with Gasteiger partial charge in [-0.05, 0) is 22.6 Å². The van der Waals surface area contributed by atoms with Gasteiger partial charge in [-0.3, -0.25) is 0 Å². The number of anilines is 1. The van der Waals surface area contributed by atoms with E-state index in [9.17, 15) is 0 Å². The van der Waals surface area contributed by atoms with E-state index in [1.807, 2.05) is 0 Å². The lowest BCUT2D eigenvalue weighted by atomic mass is 10.5. The summed E-state index contributed by atoms with van der Waals surface area (Å²) in [6.07, 6.45) is 3.33. The molecular weight excluding hydrogens is 295 g/mol. The van der Waals surface area contributed by atoms with E-state index in [1.54, 1.807) is 12.5 Å². The van der Waals surface area contributed by atoms with Crippen LogP contribution in [0.15, 0.2) is 12.5 Å². The topological polar surface area (TPSA) is 50.3 Å². The zero-order chi connectivity index (χ0) is 9.80. The lowest BCUT2D eigenvalue weighted by Crippen LogP contribution is -2.40. The summed E-state index contributed by atoms with van der Waals surface area (Å²) >= 11 is 2.21. The molecule has 1 aromatic rings. The zero-order valence-corrected chi connectivity index (χ0v) is 9.77. The van der Waals surface area contributed by atoms with Crippen LogP contribution in [0.3, 0.4) is 0 Å². The molecule has 2 rings (SSSR count). The lowest BCUT2D eigenvalue weighted by molar-refractivity contribution is 0.0494. The quantitative estimate of drug-likeness (QED) is 0.817. The summed E-state index contributed by atoms with van der Waals surface area (Å²) in [6, 6.07) is 0. The van der Waals surface area contributed by atoms with E-state index in [0.717, 1.165) is 35.7 Å². The van der Waals surface area contributed by atoms with Gasteiger partial charge in [-0.2, -0.15) is 0 Å². The Hall–Kier alpha value is -0.470. The minimum Gasteiger partial charge on any atom is -0.379 e. The van der Waals surface area contributed by atoms with Crippen LogP contribution in [0.25, 0.3) is 0 Å². The fraction of sp³-hybridized carbons (Fsp3) is 0.500. The van der Waals surface area contributed by atoms with Crippen molar-refractivity contribution in [2.75, 3.05) is 31.7 Å². The first kappa shape index (κ1) is 10.1. The Balaban J connectivity index is 1.99. The monoisotopic (exact) mass is 306 g/mol. The van der Waals surface area contributed by atoms with E-state index in [1.165, 1.54) is 0 Å². The standard InChI is InChI=1S/C8H11IN4O/c9-7-5-10-6-11-8(7)12-13-1-3-14-4-2-13/h5-6H,1-4H2,(H,10,11,12). The molecule has 6 heteroatoms. The highest BCUT2D eigenvalue weighted by atomic mass is 127. The SMILES string of the molecule is Ic1cncnc1NN1CCOCC1. The Morgan fingerprint density at radius 3 is 2.93 bits per heavy atom. The van der Waals surface area contributed by atoms with Crippen LogP contribution >= 0.6 is 22.6 Å². The summed E-state index contributed by atoms with van der Waals surface area (Å²) in [5, 5.41) is 2.11. The first-order valence-corrected chi connectivity index (χ1v) is 5.49. The third kappa shape index (κ3) is 2.52. The van der Waals surface area contributed by atoms with Gasteiger partial charge >= 0.3 is 0 Å². The molecule has 0 bridgehead atoms. The summed E-state index contributed by atoms with van der Waals surface area (Å²) < 4.78 is 6.28. The smallest absolute Gasteiger partial charge is 0.157 e. The van der Waals surface area contributed by atoms with E-state index in [4.69, 9.17) is 4.74 Å². The molecular formula is C8H11IN4O. The number of aromatic nitrogens is 2. The number of morpholine rings is 1. The Kier molecular flexibility index (Phi) is 3.49. The molecule has 1 fully saturated rings. The van der Waals surface area contributed by atoms with Gasteiger partial charge in [0.25, 0.3) is 0 Å². The second kappa shape index (κ2) is 4.85. The lowest BCUT2D eigenvalue weighted by Gasteiger charge is -2.27. The molecule has 76 valence electrons. The molecule has 0 atom stereocenters. The highest BCUT2D eigenvalue weighted by Gasteiger charge is 2.11. The summed E-state index contributed by atoms with van der Waals surface area (Å²) in [5.41, 5.74) is 3.24. The van der Waals surface area contributed by atoms with Crippen LogP contribution in [0.2, 0.25) is 0 Å². The first-order valence-electron chi connectivity index (χ1n) is 4.41. The van der Waals surface area contributed by atoms with Crippen molar-refractivity contribution in [3.63, 3.8) is 0 Å². The predicted molar refractivity (Wildman–Crippen MR) is 60.8 cm³/mol. The van der Waals surface area contributed by atoms with Crippen LogP contribution in [0.1, 0.15) is 0 Å². The average Bonchev–Trinajstić information content (AvgIpc) is 2.23. The van der Waals surface area contributed by atoms with Crippen LogP contribution < -0.4 is 5.43 Å². The molecule has 0 amide bonds. The second-order valence-electron chi connectivity index (χ2n) is 2.93. The van der Waals surface area contributed by atoms with Gasteiger partial charge in [-0.1, -0.05) is 0 Å². The Morgan fingerprint density at radius 1 is 1.43 bits per heavy atom. The highest BCUT2D eigenvalue weighted by Crippen LogP contribution is 2.13. The number of nitrogens with zero attached hydrogens (tertiary/aromatic N) is 3. The number of rotatable bonds is 2. The molecule has 14 heavy (non-hydrogen) atoms. The summed E-state index contributed by atoms with van der Waals surface area (Å²) in [7, 11) is 0. The van der Waals surface area contributed by atoms with E-state index < -0.39 is 0 Å². The number of hydrogen-bond acceptors (Lipinski definition) is 5. The molecule has 0 saturated carbocycles. The number of hydrogen-bond donors (Lipinski definition) is 1. The number of hydrazine groups is 1. The van der Waals surface area contributed by atoms with Gasteiger partial charge in [0, 0.05) is 19.3 Å². The molecule has 1 saturated heterocycles. The first-order chi connectivity index (χ1) is 6.86. The maximum absolute atomic E-state index is 5.25. The van der Waals surface area contributed by atoms with Crippen LogP contribution in [0.4, 0.5) is 5.82 Å². The van der Waals surface area contributed by atoms with Crippen LogP contribution in [-0.4, -0.2) is 41.3 Å². The fourth-order valence-corrected chi connectivity index (χ4v) is 1.64. The van der Waals surface area contributed by atoms with E-state index in [-0.39, 0.29) is 0 Å². The largest absolute Gasteiger partial charge is 0.379 e. The maximum Gasteiger partial charge on any atom is 0.157 e. The van der Waals surface area contributed by atoms with Gasteiger partial charge in [0.1, 0.15) is 6.33 Å². The maximum atomic E-state index is 5.25. The Bertz CT molecular complexity index is 303. The second-order valence-corrected chi connectivity index (χ2v) is 4.09. The van der Waals surface area contributed by atoms with Crippen LogP contribution in [0.5, 0.6) is 0 Å². The predicted octanol–water partition coefficient (Wildman–Crippen LogP) is 0.740. The molecule has 1 N–H and O–H groups in total. The van der Waals surface area contributed by atoms with Crippen molar-refractivity contribution in [3.8, 4) is 0 Å². The van der Waals surface area contributed by atoms with Gasteiger partial charge in [0.05, 0.1) is 16.8 Å². The summed E-state index contributed by atoms with van der Waals surface area (Å²) in [4.78, 5) is 8.10. The number of nitrogens with one attached hydrogen (secondary N) is 1. The molecule has 0 spiro atoms. The van der Waals surface area contributed by atoms with E-state index >= 15 is 0 Å². The normalized spacial score (nSPS) is 18.1. The third-order valence-electron chi connectivity index (χ3n) is 1.94. The van der Waals surface area contributed by atoms with E-state index in [2.05, 4.69) is 43.0 Å². The minimum atomic E-state index is 0.772. The molecule has 0 unspecified atom stereocenters. The Morgan fingerprint density at radius 2 is 2.21 bits per heavy atom. The Labute approximate surface area is 96.0 Å². The van der Waals surface area contributed by atoms with Gasteiger partial charge in [-0.25, -0.2) is 15.0 Å². The van der Waals surface area contributed by atoms with Crippen molar-refractivity contribution >= 4 is 28.4 Å². The van der Waals surface area contributed by atoms with Crippen molar-refractivity contribution in [1.29, 1.82) is 0 Å². The van der Waals surface area contributed by atoms with Crippen molar-refractivity contribution in [3.05, 3.63) is 16.1 Å². The molecule has 5 nitrogen and oxygen atoms in total. The third-order valence-corrected chi connectivity index (χ3v) is 2.73. The number of ether oxygens (including phenoxy) is 1. The van der Waals surface area contributed by atoms with Gasteiger partial charge in [-0.15, -0.1) is 0 Å². The van der Waals surface area contributed by atoms with Crippen molar-refractivity contribution in [2.45, 2.75) is 0 Å². The van der Waals surface area contributed by atoms with Crippen molar-refractivity contribution < 1.29 is 4.74 Å². The molecule has 0 radical (unpaired) electrons. The van der Waals surface area contributed by atoms with Gasteiger partial charge in [0.2, 0.25) is 0 Å². The molecule has 1 aromatic heterocycles. The summed E-state index contributed by atoms with van der Waals surface area (Å²) in [5.74, 6) is 0.863. The fourth-order valence-electron chi connectivity index (χ4n) is 1.22. The zero-order valence-electron chi connectivity index (χ0n) is 7.61. The van der Waals surface area contributed by atoms with Gasteiger partial charge in [0.15, 0.2) is 5.82 Å². The van der Waals surface area contributed by atoms with Crippen molar-refractivity contribution in [1.82, 2.24) is 15.0 Å². The number of halogens is 1. The minimum absolute atomic E-state index is 0.772. The van der Waals surface area contributed by atoms with Gasteiger partial charge < -0.3 is 10.2 Å². The molecule has 0 aromatic carbocycles. The summed E-state index contributed by atoms with van der Waals surface area (Å²) in [6.45, 7) is 3.32. The van der Waals surface area contributed by atoms with E-state index in [0.29, 0.717) is 0 Å². The van der Waals surface area contributed by atoms with Crippen molar-refractivity contribution in [2.24, 2.45) is 0 Å². The molecule has 0 aliphatic carbocycles. The van der Waals surface area contributed by atoms with Crippen LogP contribution in [-0.2, 0) is 4.74 Å². The highest BCUT2D eigenvalue weighted by molar-refractivity contribution is 14.1. The molecule has 1 aliphatic rings. The van der Waals surface area contributed by atoms with Crippen LogP contribution in [0, 0.1) is 3.57 Å². The molecule has 1 aliphatic heterocycles. The average molecular weight is 306 g/mol.